The van der Waals surface area contributed by atoms with Crippen LogP contribution in [0.15, 0.2) is 11.6 Å². The minimum atomic E-state index is -0.363. The van der Waals surface area contributed by atoms with Crippen LogP contribution in [0.3, 0.4) is 0 Å². The Labute approximate surface area is 129 Å². The van der Waals surface area contributed by atoms with E-state index in [4.69, 9.17) is 9.47 Å². The number of hydrogen-bond donors (Lipinski definition) is 0. The minimum Gasteiger partial charge on any atom is -0.466 e. The van der Waals surface area contributed by atoms with E-state index in [1.807, 2.05) is 0 Å². The van der Waals surface area contributed by atoms with Gasteiger partial charge in [-0.15, -0.1) is 0 Å². The van der Waals surface area contributed by atoms with E-state index in [0.29, 0.717) is 11.8 Å². The predicted molar refractivity (Wildman–Crippen MR) is 83.9 cm³/mol. The zero-order valence-electron chi connectivity index (χ0n) is 14.4. The van der Waals surface area contributed by atoms with Gasteiger partial charge in [0.1, 0.15) is 0 Å². The highest BCUT2D eigenvalue weighted by molar-refractivity contribution is 5.89. The van der Waals surface area contributed by atoms with Gasteiger partial charge in [0, 0.05) is 18.6 Å². The number of methoxy groups -OCH3 is 2. The first-order chi connectivity index (χ1) is 9.77. The molecule has 0 heterocycles. The molecule has 2 aliphatic carbocycles. The maximum atomic E-state index is 12.4. The van der Waals surface area contributed by atoms with Gasteiger partial charge in [-0.05, 0) is 43.9 Å². The third-order valence-electron chi connectivity index (χ3n) is 6.00. The van der Waals surface area contributed by atoms with Crippen molar-refractivity contribution in [1.82, 2.24) is 0 Å². The maximum Gasteiger partial charge on any atom is 0.333 e. The smallest absolute Gasteiger partial charge is 0.333 e. The van der Waals surface area contributed by atoms with Crippen molar-refractivity contribution in [2.45, 2.75) is 59.0 Å². The molecule has 3 nitrogen and oxygen atoms in total. The molecule has 1 saturated carbocycles. The van der Waals surface area contributed by atoms with Gasteiger partial charge < -0.3 is 9.47 Å². The third kappa shape index (κ3) is 2.77. The zero-order chi connectivity index (χ0) is 15.8. The first-order valence-corrected chi connectivity index (χ1v) is 8.13. The van der Waals surface area contributed by atoms with Gasteiger partial charge >= 0.3 is 5.97 Å². The lowest BCUT2D eigenvalue weighted by atomic mass is 9.53. The number of rotatable bonds is 3. The molecule has 3 heteroatoms. The Bertz CT molecular complexity index is 438. The van der Waals surface area contributed by atoms with Gasteiger partial charge in [0.2, 0.25) is 0 Å². The van der Waals surface area contributed by atoms with Crippen molar-refractivity contribution in [3.8, 4) is 0 Å². The van der Waals surface area contributed by atoms with E-state index in [1.165, 1.54) is 32.8 Å². The van der Waals surface area contributed by atoms with Crippen molar-refractivity contribution in [2.24, 2.45) is 23.2 Å². The van der Waals surface area contributed by atoms with Crippen molar-refractivity contribution in [3.63, 3.8) is 0 Å². The van der Waals surface area contributed by atoms with Crippen LogP contribution in [0.2, 0.25) is 0 Å². The van der Waals surface area contributed by atoms with Crippen molar-refractivity contribution < 1.29 is 14.3 Å². The van der Waals surface area contributed by atoms with E-state index in [0.717, 1.165) is 5.57 Å². The van der Waals surface area contributed by atoms with Gasteiger partial charge in [0.15, 0.2) is 0 Å². The topological polar surface area (TPSA) is 35.5 Å². The molecule has 0 N–H and O–H groups in total. The second kappa shape index (κ2) is 5.75. The summed E-state index contributed by atoms with van der Waals surface area (Å²) in [7, 11) is 3.20. The van der Waals surface area contributed by atoms with E-state index < -0.39 is 0 Å². The SMILES string of the molecule is COC(=O)C1=CC2(C)CCCCC2C(C)C1C(C)(C)OC. The maximum absolute atomic E-state index is 12.4. The number of carbonyl (C=O) groups is 1. The van der Waals surface area contributed by atoms with Gasteiger partial charge in [0.05, 0.1) is 12.7 Å². The Morgan fingerprint density at radius 2 is 2.00 bits per heavy atom. The summed E-state index contributed by atoms with van der Waals surface area (Å²) in [5, 5.41) is 0. The summed E-state index contributed by atoms with van der Waals surface area (Å²) < 4.78 is 10.8. The van der Waals surface area contributed by atoms with E-state index >= 15 is 0 Å². The molecule has 0 aromatic heterocycles. The number of hydrogen-bond acceptors (Lipinski definition) is 3. The van der Waals surface area contributed by atoms with E-state index in [1.54, 1.807) is 7.11 Å². The van der Waals surface area contributed by atoms with Gasteiger partial charge in [-0.25, -0.2) is 4.79 Å². The fourth-order valence-corrected chi connectivity index (χ4v) is 4.83. The number of carbonyl (C=O) groups excluding carboxylic acids is 1. The van der Waals surface area contributed by atoms with Crippen LogP contribution in [0.5, 0.6) is 0 Å². The fraction of sp³-hybridized carbons (Fsp3) is 0.833. The summed E-state index contributed by atoms with van der Waals surface area (Å²) in [6.45, 7) is 8.76. The molecular weight excluding hydrogens is 264 g/mol. The van der Waals surface area contributed by atoms with Crippen LogP contribution in [0, 0.1) is 23.2 Å². The lowest BCUT2D eigenvalue weighted by Crippen LogP contribution is -2.50. The number of allylic oxidation sites excluding steroid dienone is 1. The molecule has 0 aromatic carbocycles. The Morgan fingerprint density at radius 3 is 2.57 bits per heavy atom. The van der Waals surface area contributed by atoms with Crippen molar-refractivity contribution in [3.05, 3.63) is 11.6 Å². The quantitative estimate of drug-likeness (QED) is 0.739. The zero-order valence-corrected chi connectivity index (χ0v) is 14.4. The molecule has 0 amide bonds. The molecule has 2 aliphatic rings. The molecule has 0 spiro atoms. The number of esters is 1. The van der Waals surface area contributed by atoms with Crippen LogP contribution in [0.25, 0.3) is 0 Å². The Morgan fingerprint density at radius 1 is 1.33 bits per heavy atom. The molecule has 21 heavy (non-hydrogen) atoms. The second-order valence-corrected chi connectivity index (χ2v) is 7.59. The van der Waals surface area contributed by atoms with Crippen molar-refractivity contribution >= 4 is 5.97 Å². The predicted octanol–water partition coefficient (Wildman–Crippen LogP) is 3.97. The molecule has 4 unspecified atom stereocenters. The molecule has 1 fully saturated rings. The summed E-state index contributed by atoms with van der Waals surface area (Å²) in [5.41, 5.74) is 0.581. The molecule has 0 aromatic rings. The Kier molecular flexibility index (Phi) is 4.53. The van der Waals surface area contributed by atoms with Gasteiger partial charge in [0.25, 0.3) is 0 Å². The lowest BCUT2D eigenvalue weighted by molar-refractivity contribution is -0.141. The van der Waals surface area contributed by atoms with Crippen molar-refractivity contribution in [1.29, 1.82) is 0 Å². The third-order valence-corrected chi connectivity index (χ3v) is 6.00. The lowest BCUT2D eigenvalue weighted by Gasteiger charge is -2.52. The first-order valence-electron chi connectivity index (χ1n) is 8.13. The van der Waals surface area contributed by atoms with Crippen LogP contribution >= 0.6 is 0 Å². The first kappa shape index (κ1) is 16.5. The molecule has 4 atom stereocenters. The van der Waals surface area contributed by atoms with Crippen LogP contribution in [-0.2, 0) is 14.3 Å². The van der Waals surface area contributed by atoms with E-state index in [2.05, 4.69) is 33.8 Å². The molecule has 0 saturated heterocycles. The minimum absolute atomic E-state index is 0.0890. The molecule has 0 bridgehead atoms. The van der Waals surface area contributed by atoms with Crippen molar-refractivity contribution in [2.75, 3.05) is 14.2 Å². The van der Waals surface area contributed by atoms with Gasteiger partial charge in [-0.2, -0.15) is 0 Å². The number of ether oxygens (including phenoxy) is 2. The summed E-state index contributed by atoms with van der Waals surface area (Å²) in [6, 6.07) is 0. The average Bonchev–Trinajstić information content (AvgIpc) is 2.45. The van der Waals surface area contributed by atoms with E-state index in [-0.39, 0.29) is 22.9 Å². The van der Waals surface area contributed by atoms with Crippen LogP contribution in [0.1, 0.15) is 53.4 Å². The number of fused-ring (bicyclic) bond motifs is 1. The molecular formula is C18H30O3. The summed E-state index contributed by atoms with van der Waals surface area (Å²) in [6.07, 6.45) is 7.19. The molecule has 0 aliphatic heterocycles. The van der Waals surface area contributed by atoms with Crippen LogP contribution in [0.4, 0.5) is 0 Å². The fourth-order valence-electron chi connectivity index (χ4n) is 4.83. The highest BCUT2D eigenvalue weighted by Crippen LogP contribution is 2.55. The van der Waals surface area contributed by atoms with E-state index in [9.17, 15) is 4.79 Å². The average molecular weight is 294 g/mol. The van der Waals surface area contributed by atoms with Gasteiger partial charge in [-0.3, -0.25) is 0 Å². The molecule has 2 rings (SSSR count). The van der Waals surface area contributed by atoms with Gasteiger partial charge in [-0.1, -0.05) is 32.8 Å². The second-order valence-electron chi connectivity index (χ2n) is 7.59. The highest BCUT2D eigenvalue weighted by Gasteiger charge is 2.51. The van der Waals surface area contributed by atoms with Crippen LogP contribution in [-0.4, -0.2) is 25.8 Å². The normalized spacial score (nSPS) is 36.7. The monoisotopic (exact) mass is 294 g/mol. The van der Waals surface area contributed by atoms with Crippen LogP contribution < -0.4 is 0 Å². The standard InChI is InChI=1S/C18H30O3/c1-12-14-9-7-8-10-18(14,4)11-13(16(19)20-5)15(12)17(2,3)21-6/h11-12,14-15H,7-10H2,1-6H3. The largest absolute Gasteiger partial charge is 0.466 e. The molecule has 120 valence electrons. The Hall–Kier alpha value is -0.830. The Balaban J connectivity index is 2.51. The summed E-state index contributed by atoms with van der Waals surface area (Å²) in [5.74, 6) is 0.941. The molecule has 0 radical (unpaired) electrons. The highest BCUT2D eigenvalue weighted by atomic mass is 16.5. The summed E-state index contributed by atoms with van der Waals surface area (Å²) >= 11 is 0. The summed E-state index contributed by atoms with van der Waals surface area (Å²) in [4.78, 5) is 12.4.